The van der Waals surface area contributed by atoms with Crippen molar-refractivity contribution in [2.75, 3.05) is 23.5 Å². The number of hydrogen-bond donors (Lipinski definition) is 3. The highest BCUT2D eigenvalue weighted by atomic mass is 32.2. The number of rotatable bonds is 11. The Morgan fingerprint density at radius 2 is 1.39 bits per heavy atom. The molecule has 0 bridgehead atoms. The van der Waals surface area contributed by atoms with E-state index < -0.39 is 11.8 Å². The topological polar surface area (TPSA) is 110 Å². The molecular formula is C35H29N3O5S. The molecule has 0 atom stereocenters. The Labute approximate surface area is 259 Å². The maximum atomic E-state index is 13.4. The minimum absolute atomic E-state index is 0.0152. The van der Waals surface area contributed by atoms with Crippen LogP contribution in [0.4, 0.5) is 11.4 Å². The van der Waals surface area contributed by atoms with E-state index in [2.05, 4.69) is 16.0 Å². The molecule has 1 aromatic heterocycles. The number of nitrogens with one attached hydrogen (secondary N) is 3. The second-order valence-corrected chi connectivity index (χ2v) is 10.5. The van der Waals surface area contributed by atoms with Crippen LogP contribution in [-0.4, -0.2) is 30.6 Å². The van der Waals surface area contributed by atoms with Crippen LogP contribution in [0.5, 0.6) is 5.75 Å². The first-order chi connectivity index (χ1) is 21.5. The highest BCUT2D eigenvalue weighted by molar-refractivity contribution is 8.00. The summed E-state index contributed by atoms with van der Waals surface area (Å²) in [5.41, 5.74) is 2.52. The lowest BCUT2D eigenvalue weighted by Crippen LogP contribution is -2.30. The number of hydrogen-bond acceptors (Lipinski definition) is 6. The van der Waals surface area contributed by atoms with Gasteiger partial charge >= 0.3 is 0 Å². The summed E-state index contributed by atoms with van der Waals surface area (Å²) in [5.74, 6) is 0.870. The van der Waals surface area contributed by atoms with Gasteiger partial charge in [0.1, 0.15) is 23.0 Å². The Morgan fingerprint density at radius 3 is 2.07 bits per heavy atom. The molecule has 8 nitrogen and oxygen atoms in total. The number of carbonyl (C=O) groups excluding carboxylic acids is 3. The fourth-order valence-corrected chi connectivity index (χ4v) is 4.82. The Morgan fingerprint density at radius 1 is 0.750 bits per heavy atom. The molecular weight excluding hydrogens is 574 g/mol. The lowest BCUT2D eigenvalue weighted by atomic mass is 10.2. The molecule has 0 fully saturated rings. The van der Waals surface area contributed by atoms with Crippen LogP contribution in [0.1, 0.15) is 16.1 Å². The molecule has 0 aliphatic carbocycles. The van der Waals surface area contributed by atoms with Crippen LogP contribution in [0.15, 0.2) is 136 Å². The van der Waals surface area contributed by atoms with Gasteiger partial charge in [0, 0.05) is 33.5 Å². The molecule has 3 amide bonds. The van der Waals surface area contributed by atoms with Crippen LogP contribution in [0.3, 0.4) is 0 Å². The Balaban J connectivity index is 1.24. The van der Waals surface area contributed by atoms with Gasteiger partial charge in [0.2, 0.25) is 5.91 Å². The van der Waals surface area contributed by atoms with Gasteiger partial charge in [-0.1, -0.05) is 48.5 Å². The van der Waals surface area contributed by atoms with Gasteiger partial charge in [-0.05, 0) is 72.8 Å². The summed E-state index contributed by atoms with van der Waals surface area (Å²) in [5, 5.41) is 8.40. The maximum absolute atomic E-state index is 13.4. The van der Waals surface area contributed by atoms with Gasteiger partial charge in [0.05, 0.1) is 12.9 Å². The summed E-state index contributed by atoms with van der Waals surface area (Å²) in [4.78, 5) is 39.5. The molecule has 4 aromatic carbocycles. The van der Waals surface area contributed by atoms with Gasteiger partial charge in [0.25, 0.3) is 11.8 Å². The number of furan rings is 1. The fourth-order valence-electron chi connectivity index (χ4n) is 4.13. The Hall–Kier alpha value is -5.54. The second kappa shape index (κ2) is 14.6. The van der Waals surface area contributed by atoms with Crippen molar-refractivity contribution in [1.29, 1.82) is 0 Å². The largest absolute Gasteiger partial charge is 0.497 e. The minimum Gasteiger partial charge on any atom is -0.497 e. The summed E-state index contributed by atoms with van der Waals surface area (Å²) in [6, 6.07) is 36.0. The van der Waals surface area contributed by atoms with Crippen LogP contribution >= 0.6 is 11.8 Å². The zero-order valence-corrected chi connectivity index (χ0v) is 24.6. The standard InChI is InChI=1S/C35H29N3O5S/c1-42-28-16-12-26(13-17-28)36-33(39)23-44-30-19-14-27(15-20-30)37-35(41)31(38-34(40)25-10-6-3-7-11-25)22-29-18-21-32(43-29)24-8-4-2-5-9-24/h2-22H,23H2,1H3,(H,36,39)(H,37,41)(H,38,40). The van der Waals surface area contributed by atoms with Gasteiger partial charge in [-0.3, -0.25) is 14.4 Å². The van der Waals surface area contributed by atoms with Crippen molar-refractivity contribution in [2.45, 2.75) is 4.90 Å². The first-order valence-corrected chi connectivity index (χ1v) is 14.7. The average molecular weight is 604 g/mol. The molecule has 5 aromatic rings. The van der Waals surface area contributed by atoms with Crippen molar-refractivity contribution in [3.8, 4) is 17.1 Å². The quantitative estimate of drug-likeness (QED) is 0.110. The molecule has 3 N–H and O–H groups in total. The number of methoxy groups -OCH3 is 1. The summed E-state index contributed by atoms with van der Waals surface area (Å²) in [6.07, 6.45) is 1.49. The number of ether oxygens (including phenoxy) is 1. The highest BCUT2D eigenvalue weighted by Gasteiger charge is 2.16. The van der Waals surface area contributed by atoms with E-state index in [4.69, 9.17) is 9.15 Å². The van der Waals surface area contributed by atoms with E-state index in [0.29, 0.717) is 34.2 Å². The molecule has 0 saturated heterocycles. The van der Waals surface area contributed by atoms with E-state index in [9.17, 15) is 14.4 Å². The van der Waals surface area contributed by atoms with Gasteiger partial charge in [0.15, 0.2) is 0 Å². The first kappa shape index (κ1) is 29.9. The number of carbonyl (C=O) groups is 3. The van der Waals surface area contributed by atoms with Crippen LogP contribution in [0.2, 0.25) is 0 Å². The number of anilines is 2. The summed E-state index contributed by atoms with van der Waals surface area (Å²) in [6.45, 7) is 0. The van der Waals surface area contributed by atoms with Gasteiger partial charge in [-0.2, -0.15) is 0 Å². The second-order valence-electron chi connectivity index (χ2n) is 9.49. The predicted octanol–water partition coefficient (Wildman–Crippen LogP) is 7.10. The van der Waals surface area contributed by atoms with E-state index >= 15 is 0 Å². The lowest BCUT2D eigenvalue weighted by Gasteiger charge is -2.11. The third kappa shape index (κ3) is 8.27. The number of benzene rings is 4. The minimum atomic E-state index is -0.522. The number of amides is 3. The Kier molecular flexibility index (Phi) is 9.91. The fraction of sp³-hybridized carbons (Fsp3) is 0.0571. The normalized spacial score (nSPS) is 11.0. The zero-order valence-electron chi connectivity index (χ0n) is 23.8. The summed E-state index contributed by atoms with van der Waals surface area (Å²) < 4.78 is 11.1. The van der Waals surface area contributed by atoms with Crippen LogP contribution < -0.4 is 20.7 Å². The maximum Gasteiger partial charge on any atom is 0.272 e. The van der Waals surface area contributed by atoms with E-state index in [1.807, 2.05) is 54.6 Å². The highest BCUT2D eigenvalue weighted by Crippen LogP contribution is 2.24. The van der Waals surface area contributed by atoms with Gasteiger partial charge < -0.3 is 25.1 Å². The predicted molar refractivity (Wildman–Crippen MR) is 173 cm³/mol. The van der Waals surface area contributed by atoms with E-state index in [-0.39, 0.29) is 17.4 Å². The summed E-state index contributed by atoms with van der Waals surface area (Å²) in [7, 11) is 1.59. The molecule has 0 unspecified atom stereocenters. The van der Waals surface area contributed by atoms with E-state index in [1.54, 1.807) is 73.8 Å². The molecule has 1 heterocycles. The molecule has 0 aliphatic heterocycles. The average Bonchev–Trinajstić information content (AvgIpc) is 3.54. The van der Waals surface area contributed by atoms with Crippen molar-refractivity contribution in [1.82, 2.24) is 5.32 Å². The molecule has 0 radical (unpaired) electrons. The van der Waals surface area contributed by atoms with Crippen LogP contribution in [-0.2, 0) is 9.59 Å². The molecule has 9 heteroatoms. The van der Waals surface area contributed by atoms with Crippen molar-refractivity contribution < 1.29 is 23.5 Å². The third-order valence-corrected chi connectivity index (χ3v) is 7.37. The van der Waals surface area contributed by atoms with Crippen molar-refractivity contribution in [3.63, 3.8) is 0 Å². The molecule has 0 spiro atoms. The zero-order chi connectivity index (χ0) is 30.7. The molecule has 0 aliphatic rings. The van der Waals surface area contributed by atoms with Crippen LogP contribution in [0, 0.1) is 0 Å². The Bertz CT molecular complexity index is 1750. The number of thioether (sulfide) groups is 1. The van der Waals surface area contributed by atoms with Crippen LogP contribution in [0.25, 0.3) is 17.4 Å². The third-order valence-electron chi connectivity index (χ3n) is 6.36. The van der Waals surface area contributed by atoms with Crippen molar-refractivity contribution in [3.05, 3.63) is 138 Å². The SMILES string of the molecule is COc1ccc(NC(=O)CSc2ccc(NC(=O)C(=Cc3ccc(-c4ccccc4)o3)NC(=O)c3ccccc3)cc2)cc1. The van der Waals surface area contributed by atoms with Crippen molar-refractivity contribution >= 4 is 46.9 Å². The smallest absolute Gasteiger partial charge is 0.272 e. The van der Waals surface area contributed by atoms with Crippen molar-refractivity contribution in [2.24, 2.45) is 0 Å². The summed E-state index contributed by atoms with van der Waals surface area (Å²) >= 11 is 1.37. The molecule has 0 saturated carbocycles. The van der Waals surface area contributed by atoms with Gasteiger partial charge in [-0.25, -0.2) is 0 Å². The monoisotopic (exact) mass is 603 g/mol. The van der Waals surface area contributed by atoms with E-state index in [1.165, 1.54) is 17.8 Å². The molecule has 5 rings (SSSR count). The first-order valence-electron chi connectivity index (χ1n) is 13.7. The van der Waals surface area contributed by atoms with E-state index in [0.717, 1.165) is 10.5 Å². The lowest BCUT2D eigenvalue weighted by molar-refractivity contribution is -0.114. The van der Waals surface area contributed by atoms with Gasteiger partial charge in [-0.15, -0.1) is 11.8 Å². The molecule has 220 valence electrons. The molecule has 44 heavy (non-hydrogen) atoms.